The molecule has 98 valence electrons. The van der Waals surface area contributed by atoms with E-state index in [1.807, 2.05) is 18.7 Å². The van der Waals surface area contributed by atoms with Crippen molar-refractivity contribution in [2.75, 3.05) is 6.54 Å². The molecule has 1 aliphatic rings. The third-order valence-corrected chi connectivity index (χ3v) is 3.46. The van der Waals surface area contributed by atoms with Gasteiger partial charge >= 0.3 is 5.97 Å². The van der Waals surface area contributed by atoms with Crippen LogP contribution in [-0.4, -0.2) is 34.0 Å². The normalized spacial score (nSPS) is 19.4. The highest BCUT2D eigenvalue weighted by Gasteiger charge is 2.37. The second kappa shape index (κ2) is 4.67. The largest absolute Gasteiger partial charge is 0.481 e. The van der Waals surface area contributed by atoms with Crippen LogP contribution >= 0.6 is 0 Å². The summed E-state index contributed by atoms with van der Waals surface area (Å²) in [6, 6.07) is 0. The van der Waals surface area contributed by atoms with E-state index in [0.29, 0.717) is 6.42 Å². The van der Waals surface area contributed by atoms with Gasteiger partial charge in [-0.2, -0.15) is 0 Å². The van der Waals surface area contributed by atoms with E-state index in [9.17, 15) is 9.59 Å². The zero-order chi connectivity index (χ0) is 13.3. The van der Waals surface area contributed by atoms with Gasteiger partial charge in [-0.3, -0.25) is 9.59 Å². The topological polar surface area (TPSA) is 57.6 Å². The van der Waals surface area contributed by atoms with Crippen molar-refractivity contribution in [2.24, 2.45) is 5.41 Å². The van der Waals surface area contributed by atoms with Gasteiger partial charge in [0.05, 0.1) is 6.42 Å². The number of aliphatic carboxylic acids is 1. The molecular formula is C13H23NO3. The summed E-state index contributed by atoms with van der Waals surface area (Å²) in [5, 5.41) is 8.81. The van der Waals surface area contributed by atoms with Crippen molar-refractivity contribution in [3.8, 4) is 0 Å². The number of carbonyl (C=O) groups is 2. The Morgan fingerprint density at radius 3 is 2.29 bits per heavy atom. The van der Waals surface area contributed by atoms with Gasteiger partial charge in [-0.05, 0) is 32.1 Å². The minimum Gasteiger partial charge on any atom is -0.481 e. The van der Waals surface area contributed by atoms with Crippen molar-refractivity contribution in [2.45, 2.75) is 58.9 Å². The number of carbonyl (C=O) groups excluding carboxylic acids is 1. The van der Waals surface area contributed by atoms with Crippen molar-refractivity contribution >= 4 is 11.9 Å². The molecule has 1 fully saturated rings. The van der Waals surface area contributed by atoms with Gasteiger partial charge in [0.1, 0.15) is 0 Å². The van der Waals surface area contributed by atoms with Crippen LogP contribution in [0.2, 0.25) is 0 Å². The average molecular weight is 241 g/mol. The highest BCUT2D eigenvalue weighted by atomic mass is 16.4. The second-order valence-electron chi connectivity index (χ2n) is 6.37. The molecule has 17 heavy (non-hydrogen) atoms. The first kappa shape index (κ1) is 14.0. The van der Waals surface area contributed by atoms with E-state index >= 15 is 0 Å². The molecule has 0 aromatic rings. The molecule has 1 saturated heterocycles. The Kier molecular flexibility index (Phi) is 3.84. The van der Waals surface area contributed by atoms with Crippen molar-refractivity contribution in [3.05, 3.63) is 0 Å². The fourth-order valence-corrected chi connectivity index (χ4v) is 2.55. The first-order chi connectivity index (χ1) is 7.64. The number of carboxylic acids is 1. The predicted molar refractivity (Wildman–Crippen MR) is 65.7 cm³/mol. The van der Waals surface area contributed by atoms with Crippen LogP contribution in [0.1, 0.15) is 53.4 Å². The van der Waals surface area contributed by atoms with E-state index in [0.717, 1.165) is 19.4 Å². The zero-order valence-electron chi connectivity index (χ0n) is 11.2. The predicted octanol–water partition coefficient (Wildman–Crippen LogP) is 2.28. The number of likely N-dealkylation sites (tertiary alicyclic amines) is 1. The molecule has 0 aromatic heterocycles. The highest BCUT2D eigenvalue weighted by Crippen LogP contribution is 2.32. The molecule has 0 aromatic carbocycles. The summed E-state index contributed by atoms with van der Waals surface area (Å²) >= 11 is 0. The molecular weight excluding hydrogens is 218 g/mol. The maximum Gasteiger partial charge on any atom is 0.303 e. The SMILES string of the molecule is CC(C)(CC(=O)O)CC(=O)N1CCCC1(C)C. The molecule has 0 aliphatic carbocycles. The Balaban J connectivity index is 2.63. The Morgan fingerprint density at radius 1 is 1.29 bits per heavy atom. The number of rotatable bonds is 4. The quantitative estimate of drug-likeness (QED) is 0.821. The third kappa shape index (κ3) is 3.72. The maximum absolute atomic E-state index is 12.2. The van der Waals surface area contributed by atoms with Gasteiger partial charge in [0.25, 0.3) is 0 Å². The lowest BCUT2D eigenvalue weighted by Gasteiger charge is -2.34. The first-order valence-corrected chi connectivity index (χ1v) is 6.16. The smallest absolute Gasteiger partial charge is 0.303 e. The average Bonchev–Trinajstić information content (AvgIpc) is 2.41. The monoisotopic (exact) mass is 241 g/mol. The Morgan fingerprint density at radius 2 is 1.88 bits per heavy atom. The molecule has 0 bridgehead atoms. The minimum absolute atomic E-state index is 0.0347. The van der Waals surface area contributed by atoms with Crippen LogP contribution in [0.15, 0.2) is 0 Å². The van der Waals surface area contributed by atoms with E-state index < -0.39 is 11.4 Å². The van der Waals surface area contributed by atoms with E-state index in [4.69, 9.17) is 5.11 Å². The van der Waals surface area contributed by atoms with Crippen molar-refractivity contribution < 1.29 is 14.7 Å². The van der Waals surface area contributed by atoms with Crippen LogP contribution in [0.3, 0.4) is 0 Å². The van der Waals surface area contributed by atoms with Gasteiger partial charge in [-0.25, -0.2) is 0 Å². The van der Waals surface area contributed by atoms with Crippen LogP contribution in [0.25, 0.3) is 0 Å². The van der Waals surface area contributed by atoms with Gasteiger partial charge < -0.3 is 10.0 Å². The van der Waals surface area contributed by atoms with Crippen molar-refractivity contribution in [1.82, 2.24) is 4.90 Å². The van der Waals surface area contributed by atoms with Crippen LogP contribution in [0.5, 0.6) is 0 Å². The van der Waals surface area contributed by atoms with Gasteiger partial charge in [-0.15, -0.1) is 0 Å². The summed E-state index contributed by atoms with van der Waals surface area (Å²) in [7, 11) is 0. The van der Waals surface area contributed by atoms with Gasteiger partial charge in [0.15, 0.2) is 0 Å². The minimum atomic E-state index is -0.844. The van der Waals surface area contributed by atoms with E-state index in [2.05, 4.69) is 13.8 Å². The van der Waals surface area contributed by atoms with Crippen LogP contribution in [0.4, 0.5) is 0 Å². The summed E-state index contributed by atoms with van der Waals surface area (Å²) in [5.41, 5.74) is -0.544. The number of amides is 1. The molecule has 0 spiro atoms. The summed E-state index contributed by atoms with van der Waals surface area (Å²) in [6.07, 6.45) is 2.41. The lowest BCUT2D eigenvalue weighted by Crippen LogP contribution is -2.44. The molecule has 1 heterocycles. The molecule has 0 atom stereocenters. The first-order valence-electron chi connectivity index (χ1n) is 6.16. The van der Waals surface area contributed by atoms with Gasteiger partial charge in [0.2, 0.25) is 5.91 Å². The standard InChI is InChI=1S/C13H23NO3/c1-12(2,9-11(16)17)8-10(15)14-7-5-6-13(14,3)4/h5-9H2,1-4H3,(H,16,17). The Bertz CT molecular complexity index is 321. The molecule has 0 unspecified atom stereocenters. The van der Waals surface area contributed by atoms with Crippen molar-refractivity contribution in [1.29, 1.82) is 0 Å². The van der Waals surface area contributed by atoms with E-state index in [1.165, 1.54) is 0 Å². The fraction of sp³-hybridized carbons (Fsp3) is 0.846. The lowest BCUT2D eigenvalue weighted by molar-refractivity contribution is -0.141. The fourth-order valence-electron chi connectivity index (χ4n) is 2.55. The summed E-state index contributed by atoms with van der Waals surface area (Å²) in [5.74, 6) is -0.762. The number of carboxylic acid groups (broad SMARTS) is 1. The molecule has 1 amide bonds. The molecule has 1 rings (SSSR count). The number of nitrogens with zero attached hydrogens (tertiary/aromatic N) is 1. The van der Waals surface area contributed by atoms with Gasteiger partial charge in [-0.1, -0.05) is 13.8 Å². The highest BCUT2D eigenvalue weighted by molar-refractivity contribution is 5.79. The molecule has 1 aliphatic heterocycles. The molecule has 0 radical (unpaired) electrons. The van der Waals surface area contributed by atoms with E-state index in [-0.39, 0.29) is 17.9 Å². The zero-order valence-corrected chi connectivity index (χ0v) is 11.2. The van der Waals surface area contributed by atoms with Crippen LogP contribution < -0.4 is 0 Å². The lowest BCUT2D eigenvalue weighted by atomic mass is 9.85. The van der Waals surface area contributed by atoms with Crippen molar-refractivity contribution in [3.63, 3.8) is 0 Å². The molecule has 4 heteroatoms. The molecule has 4 nitrogen and oxygen atoms in total. The molecule has 0 saturated carbocycles. The molecule has 1 N–H and O–H groups in total. The second-order valence-corrected chi connectivity index (χ2v) is 6.37. The van der Waals surface area contributed by atoms with Crippen LogP contribution in [0, 0.1) is 5.41 Å². The summed E-state index contributed by atoms with van der Waals surface area (Å²) in [6.45, 7) is 8.61. The summed E-state index contributed by atoms with van der Waals surface area (Å²) < 4.78 is 0. The number of hydrogen-bond acceptors (Lipinski definition) is 2. The number of hydrogen-bond donors (Lipinski definition) is 1. The van der Waals surface area contributed by atoms with E-state index in [1.54, 1.807) is 0 Å². The van der Waals surface area contributed by atoms with Gasteiger partial charge in [0, 0.05) is 18.5 Å². The van der Waals surface area contributed by atoms with Crippen LogP contribution in [-0.2, 0) is 9.59 Å². The maximum atomic E-state index is 12.2. The Hall–Kier alpha value is -1.06. The third-order valence-electron chi connectivity index (χ3n) is 3.46. The Labute approximate surface area is 103 Å². The summed E-state index contributed by atoms with van der Waals surface area (Å²) in [4.78, 5) is 24.8.